The van der Waals surface area contributed by atoms with Crippen molar-refractivity contribution in [3.05, 3.63) is 23.2 Å². The second-order valence-electron chi connectivity index (χ2n) is 7.79. The van der Waals surface area contributed by atoms with Crippen molar-refractivity contribution in [1.29, 1.82) is 0 Å². The number of hydrogen-bond acceptors (Lipinski definition) is 5. The molecule has 2 aliphatic rings. The number of hydrogen-bond donors (Lipinski definition) is 1. The van der Waals surface area contributed by atoms with Gasteiger partial charge in [-0.05, 0) is 45.7 Å². The molecule has 2 aromatic rings. The zero-order valence-corrected chi connectivity index (χ0v) is 15.2. The average molecular weight is 345 g/mol. The maximum absolute atomic E-state index is 12.3. The summed E-state index contributed by atoms with van der Waals surface area (Å²) >= 11 is 1.72. The zero-order chi connectivity index (χ0) is 16.9. The Hall–Kier alpha value is -1.82. The first-order chi connectivity index (χ1) is 11.4. The van der Waals surface area contributed by atoms with E-state index in [0.717, 1.165) is 38.0 Å². The average Bonchev–Trinajstić information content (AvgIpc) is 3.11. The molecule has 1 aromatic carbocycles. The predicted molar refractivity (Wildman–Crippen MR) is 96.8 cm³/mol. The Morgan fingerprint density at radius 2 is 2.08 bits per heavy atom. The molecule has 24 heavy (non-hydrogen) atoms. The molecule has 4 rings (SSSR count). The van der Waals surface area contributed by atoms with Gasteiger partial charge in [-0.3, -0.25) is 0 Å². The molecule has 1 aromatic heterocycles. The van der Waals surface area contributed by atoms with E-state index in [-0.39, 0.29) is 11.5 Å². The van der Waals surface area contributed by atoms with Crippen LogP contribution in [0.2, 0.25) is 0 Å². The minimum atomic E-state index is -0.442. The molecule has 3 heterocycles. The normalized spacial score (nSPS) is 19.4. The number of aromatic nitrogens is 1. The number of piperidine rings is 1. The van der Waals surface area contributed by atoms with Crippen molar-refractivity contribution in [2.24, 2.45) is 0 Å². The molecule has 2 aliphatic heterocycles. The summed E-state index contributed by atoms with van der Waals surface area (Å²) in [5, 5.41) is 3.57. The Kier molecular flexibility index (Phi) is 3.49. The fourth-order valence-electron chi connectivity index (χ4n) is 3.83. The van der Waals surface area contributed by atoms with E-state index >= 15 is 0 Å². The number of carbonyl (C=O) groups is 1. The van der Waals surface area contributed by atoms with Gasteiger partial charge in [0.1, 0.15) is 5.60 Å². The molecule has 0 unspecified atom stereocenters. The largest absolute Gasteiger partial charge is 0.444 e. The van der Waals surface area contributed by atoms with E-state index in [9.17, 15) is 4.79 Å². The third-order valence-electron chi connectivity index (χ3n) is 5.02. The van der Waals surface area contributed by atoms with E-state index in [0.29, 0.717) is 0 Å². The topological polar surface area (TPSA) is 54.5 Å². The summed E-state index contributed by atoms with van der Waals surface area (Å²) in [5.41, 5.74) is 5.31. The number of fused-ring (bicyclic) bond motifs is 4. The van der Waals surface area contributed by atoms with Gasteiger partial charge in [-0.25, -0.2) is 9.78 Å². The van der Waals surface area contributed by atoms with Crippen LogP contribution in [0.3, 0.4) is 0 Å². The number of likely N-dealkylation sites (tertiary alicyclic amines) is 1. The number of benzene rings is 1. The van der Waals surface area contributed by atoms with E-state index in [1.807, 2.05) is 31.2 Å². The molecule has 1 spiro atoms. The van der Waals surface area contributed by atoms with Crippen LogP contribution in [-0.2, 0) is 10.2 Å². The first-order valence-corrected chi connectivity index (χ1v) is 9.34. The Balaban J connectivity index is 1.57. The van der Waals surface area contributed by atoms with Crippen molar-refractivity contribution in [3.8, 4) is 0 Å². The molecule has 0 bridgehead atoms. The van der Waals surface area contributed by atoms with Gasteiger partial charge in [-0.2, -0.15) is 0 Å². The summed E-state index contributed by atoms with van der Waals surface area (Å²) in [6, 6.07) is 4.24. The monoisotopic (exact) mass is 345 g/mol. The standard InChI is InChI=1S/C18H23N3O2S/c1-17(2,3)23-16(22)21-8-6-18(7-9-21)10-19-12-4-5-13-15(14(12)18)24-11-20-13/h4-5,11,19H,6-10H2,1-3H3. The minimum absolute atomic E-state index is 0.111. The van der Waals surface area contributed by atoms with E-state index < -0.39 is 5.60 Å². The zero-order valence-electron chi connectivity index (χ0n) is 14.4. The number of ether oxygens (including phenoxy) is 1. The lowest BCUT2D eigenvalue weighted by Gasteiger charge is -2.39. The highest BCUT2D eigenvalue weighted by molar-refractivity contribution is 7.17. The van der Waals surface area contributed by atoms with Gasteiger partial charge < -0.3 is 15.0 Å². The van der Waals surface area contributed by atoms with Crippen LogP contribution in [0.4, 0.5) is 10.5 Å². The number of anilines is 1. The Bertz CT molecular complexity index is 785. The summed E-state index contributed by atoms with van der Waals surface area (Å²) in [6.45, 7) is 8.16. The van der Waals surface area contributed by atoms with Gasteiger partial charge in [0.15, 0.2) is 0 Å². The van der Waals surface area contributed by atoms with Crippen molar-refractivity contribution >= 4 is 33.3 Å². The molecule has 0 saturated carbocycles. The number of nitrogens with zero attached hydrogens (tertiary/aromatic N) is 2. The smallest absolute Gasteiger partial charge is 0.410 e. The number of amides is 1. The highest BCUT2D eigenvalue weighted by Crippen LogP contribution is 2.48. The Morgan fingerprint density at radius 1 is 1.33 bits per heavy atom. The fraction of sp³-hybridized carbons (Fsp3) is 0.556. The lowest BCUT2D eigenvalue weighted by molar-refractivity contribution is 0.0172. The van der Waals surface area contributed by atoms with Gasteiger partial charge in [0.05, 0.1) is 15.7 Å². The maximum atomic E-state index is 12.3. The molecule has 128 valence electrons. The van der Waals surface area contributed by atoms with Crippen LogP contribution in [-0.4, -0.2) is 41.2 Å². The quantitative estimate of drug-likeness (QED) is 0.784. The first kappa shape index (κ1) is 15.7. The second kappa shape index (κ2) is 5.34. The third kappa shape index (κ3) is 2.53. The van der Waals surface area contributed by atoms with Crippen LogP contribution in [0.25, 0.3) is 10.2 Å². The number of rotatable bonds is 0. The molecule has 0 radical (unpaired) electrons. The van der Waals surface area contributed by atoms with Crippen LogP contribution in [0.1, 0.15) is 39.2 Å². The summed E-state index contributed by atoms with van der Waals surface area (Å²) in [7, 11) is 0. The Morgan fingerprint density at radius 3 is 2.79 bits per heavy atom. The summed E-state index contributed by atoms with van der Waals surface area (Å²) in [5.74, 6) is 0. The molecule has 1 N–H and O–H groups in total. The maximum Gasteiger partial charge on any atom is 0.410 e. The van der Waals surface area contributed by atoms with Gasteiger partial charge in [0.2, 0.25) is 0 Å². The van der Waals surface area contributed by atoms with Gasteiger partial charge in [-0.1, -0.05) is 0 Å². The number of nitrogens with one attached hydrogen (secondary N) is 1. The highest BCUT2D eigenvalue weighted by atomic mass is 32.1. The van der Waals surface area contributed by atoms with E-state index in [2.05, 4.69) is 22.4 Å². The van der Waals surface area contributed by atoms with Gasteiger partial charge in [0.25, 0.3) is 0 Å². The van der Waals surface area contributed by atoms with E-state index in [1.54, 1.807) is 11.3 Å². The molecule has 6 heteroatoms. The van der Waals surface area contributed by atoms with Gasteiger partial charge in [0, 0.05) is 36.3 Å². The minimum Gasteiger partial charge on any atom is -0.444 e. The predicted octanol–water partition coefficient (Wildman–Crippen LogP) is 3.99. The molecular formula is C18H23N3O2S. The van der Waals surface area contributed by atoms with Crippen molar-refractivity contribution in [3.63, 3.8) is 0 Å². The molecule has 1 fully saturated rings. The lowest BCUT2D eigenvalue weighted by Crippen LogP contribution is -2.47. The summed E-state index contributed by atoms with van der Waals surface area (Å²) in [6.07, 6.45) is 1.73. The Labute approximate surface area is 146 Å². The van der Waals surface area contributed by atoms with Crippen molar-refractivity contribution in [2.45, 2.75) is 44.6 Å². The SMILES string of the molecule is CC(C)(C)OC(=O)N1CCC2(CC1)CNc1ccc3ncsc3c12. The summed E-state index contributed by atoms with van der Waals surface area (Å²) < 4.78 is 6.81. The van der Waals surface area contributed by atoms with Crippen LogP contribution in [0.15, 0.2) is 17.6 Å². The van der Waals surface area contributed by atoms with Crippen LogP contribution in [0, 0.1) is 0 Å². The number of thiazole rings is 1. The van der Waals surface area contributed by atoms with Crippen molar-refractivity contribution in [1.82, 2.24) is 9.88 Å². The third-order valence-corrected chi connectivity index (χ3v) is 5.88. The van der Waals surface area contributed by atoms with Crippen LogP contribution in [0.5, 0.6) is 0 Å². The molecular weight excluding hydrogens is 322 g/mol. The van der Waals surface area contributed by atoms with Crippen LogP contribution < -0.4 is 5.32 Å². The van der Waals surface area contributed by atoms with Crippen molar-refractivity contribution in [2.75, 3.05) is 25.0 Å². The lowest BCUT2D eigenvalue weighted by atomic mass is 9.74. The fourth-order valence-corrected chi connectivity index (χ4v) is 4.78. The van der Waals surface area contributed by atoms with E-state index in [1.165, 1.54) is 16.0 Å². The van der Waals surface area contributed by atoms with Gasteiger partial charge in [-0.15, -0.1) is 11.3 Å². The second-order valence-corrected chi connectivity index (χ2v) is 8.64. The summed E-state index contributed by atoms with van der Waals surface area (Å²) in [4.78, 5) is 18.6. The molecule has 0 aliphatic carbocycles. The van der Waals surface area contributed by atoms with Crippen LogP contribution >= 0.6 is 11.3 Å². The molecule has 1 amide bonds. The molecule has 1 saturated heterocycles. The van der Waals surface area contributed by atoms with Gasteiger partial charge >= 0.3 is 6.09 Å². The van der Waals surface area contributed by atoms with E-state index in [4.69, 9.17) is 4.74 Å². The molecule has 0 atom stereocenters. The first-order valence-electron chi connectivity index (χ1n) is 8.46. The number of carbonyl (C=O) groups excluding carboxylic acids is 1. The highest BCUT2D eigenvalue weighted by Gasteiger charge is 2.44. The molecule has 5 nitrogen and oxygen atoms in total. The van der Waals surface area contributed by atoms with Crippen molar-refractivity contribution < 1.29 is 9.53 Å².